The molecule has 29 heavy (non-hydrogen) atoms. The zero-order valence-electron chi connectivity index (χ0n) is 17.7. The fraction of sp³-hybridized carbons (Fsp3) is 0.458. The van der Waals surface area contributed by atoms with Crippen LogP contribution in [0.4, 0.5) is 5.69 Å². The minimum atomic E-state index is 0.113. The van der Waals surface area contributed by atoms with E-state index in [-0.39, 0.29) is 12.5 Å². The predicted octanol–water partition coefficient (Wildman–Crippen LogP) is 2.87. The number of carbonyl (C=O) groups is 1. The highest BCUT2D eigenvalue weighted by molar-refractivity contribution is 5.97. The van der Waals surface area contributed by atoms with Gasteiger partial charge in [-0.2, -0.15) is 0 Å². The maximum atomic E-state index is 13.3. The quantitative estimate of drug-likeness (QED) is 0.747. The van der Waals surface area contributed by atoms with Crippen molar-refractivity contribution in [3.8, 4) is 0 Å². The number of piperazine rings is 1. The van der Waals surface area contributed by atoms with Gasteiger partial charge < -0.3 is 14.9 Å². The number of hydrogen-bond acceptors (Lipinski definition) is 4. The molecule has 5 heteroatoms. The lowest BCUT2D eigenvalue weighted by molar-refractivity contribution is 0.0772. The van der Waals surface area contributed by atoms with Crippen LogP contribution in [0.15, 0.2) is 48.5 Å². The second-order valence-corrected chi connectivity index (χ2v) is 7.50. The molecule has 0 aromatic heterocycles. The lowest BCUT2D eigenvalue weighted by Crippen LogP contribution is -2.47. The molecule has 1 saturated heterocycles. The van der Waals surface area contributed by atoms with E-state index in [1.54, 1.807) is 0 Å². The summed E-state index contributed by atoms with van der Waals surface area (Å²) in [6.07, 6.45) is 0.746. The van der Waals surface area contributed by atoms with Crippen molar-refractivity contribution in [1.82, 2.24) is 9.80 Å². The van der Waals surface area contributed by atoms with Crippen LogP contribution in [-0.2, 0) is 6.42 Å². The standard InChI is InChI=1S/C24H33N3O2/c1-3-26(4-2)24(29)21-11-8-12-23(22(21)19-20-9-6-5-7-10-20)27-15-13-25(14-16-27)17-18-28/h5-12,28H,3-4,13-19H2,1-2H3. The van der Waals surface area contributed by atoms with E-state index in [2.05, 4.69) is 40.1 Å². The van der Waals surface area contributed by atoms with Crippen molar-refractivity contribution in [2.24, 2.45) is 0 Å². The average molecular weight is 396 g/mol. The molecule has 1 amide bonds. The van der Waals surface area contributed by atoms with Crippen molar-refractivity contribution >= 4 is 11.6 Å². The van der Waals surface area contributed by atoms with E-state index in [0.717, 1.165) is 56.0 Å². The second-order valence-electron chi connectivity index (χ2n) is 7.50. The summed E-state index contributed by atoms with van der Waals surface area (Å²) in [4.78, 5) is 19.8. The molecule has 1 aliphatic heterocycles. The molecular formula is C24H33N3O2. The molecule has 0 aliphatic carbocycles. The Labute approximate surface area is 174 Å². The first kappa shape index (κ1) is 21.3. The molecule has 1 fully saturated rings. The molecule has 0 bridgehead atoms. The Morgan fingerprint density at radius 2 is 1.66 bits per heavy atom. The molecule has 3 rings (SSSR count). The van der Waals surface area contributed by atoms with Gasteiger partial charge in [0.2, 0.25) is 0 Å². The third-order valence-corrected chi connectivity index (χ3v) is 5.79. The van der Waals surface area contributed by atoms with Gasteiger partial charge in [0.1, 0.15) is 0 Å². The number of aliphatic hydroxyl groups excluding tert-OH is 1. The Morgan fingerprint density at radius 3 is 2.28 bits per heavy atom. The number of nitrogens with zero attached hydrogens (tertiary/aromatic N) is 3. The van der Waals surface area contributed by atoms with E-state index in [4.69, 9.17) is 0 Å². The van der Waals surface area contributed by atoms with E-state index >= 15 is 0 Å². The fourth-order valence-corrected chi connectivity index (χ4v) is 4.09. The second kappa shape index (κ2) is 10.4. The summed E-state index contributed by atoms with van der Waals surface area (Å²) in [6, 6.07) is 16.5. The topological polar surface area (TPSA) is 47.0 Å². The zero-order valence-corrected chi connectivity index (χ0v) is 17.7. The molecule has 0 radical (unpaired) electrons. The van der Waals surface area contributed by atoms with Gasteiger partial charge in [-0.25, -0.2) is 0 Å². The summed E-state index contributed by atoms with van der Waals surface area (Å²) in [5, 5.41) is 9.21. The Kier molecular flexibility index (Phi) is 7.67. The number of carbonyl (C=O) groups excluding carboxylic acids is 1. The molecule has 156 valence electrons. The number of aliphatic hydroxyl groups is 1. The molecule has 2 aromatic carbocycles. The largest absolute Gasteiger partial charge is 0.395 e. The van der Waals surface area contributed by atoms with Crippen molar-refractivity contribution in [3.05, 3.63) is 65.2 Å². The smallest absolute Gasteiger partial charge is 0.254 e. The normalized spacial score (nSPS) is 14.8. The van der Waals surface area contributed by atoms with Crippen LogP contribution in [0.25, 0.3) is 0 Å². The molecule has 1 heterocycles. The highest BCUT2D eigenvalue weighted by atomic mass is 16.3. The minimum Gasteiger partial charge on any atom is -0.395 e. The van der Waals surface area contributed by atoms with Gasteiger partial charge in [0.25, 0.3) is 5.91 Å². The summed E-state index contributed by atoms with van der Waals surface area (Å²) in [5.74, 6) is 0.113. The van der Waals surface area contributed by atoms with Crippen molar-refractivity contribution in [3.63, 3.8) is 0 Å². The predicted molar refractivity (Wildman–Crippen MR) is 119 cm³/mol. The lowest BCUT2D eigenvalue weighted by atomic mass is 9.96. The first-order valence-electron chi connectivity index (χ1n) is 10.7. The highest BCUT2D eigenvalue weighted by Crippen LogP contribution is 2.29. The van der Waals surface area contributed by atoms with Crippen LogP contribution >= 0.6 is 0 Å². The molecule has 0 spiro atoms. The number of rotatable bonds is 8. The monoisotopic (exact) mass is 395 g/mol. The molecule has 0 unspecified atom stereocenters. The van der Waals surface area contributed by atoms with E-state index in [9.17, 15) is 9.90 Å². The first-order chi connectivity index (χ1) is 14.2. The van der Waals surface area contributed by atoms with Crippen LogP contribution in [0.3, 0.4) is 0 Å². The van der Waals surface area contributed by atoms with Gasteiger partial charge in [-0.1, -0.05) is 36.4 Å². The highest BCUT2D eigenvalue weighted by Gasteiger charge is 2.24. The van der Waals surface area contributed by atoms with E-state index in [0.29, 0.717) is 13.1 Å². The molecule has 1 aliphatic rings. The summed E-state index contributed by atoms with van der Waals surface area (Å²) in [5.41, 5.74) is 4.31. The summed E-state index contributed by atoms with van der Waals surface area (Å²) in [7, 11) is 0. The first-order valence-corrected chi connectivity index (χ1v) is 10.7. The van der Waals surface area contributed by atoms with Crippen LogP contribution in [-0.4, -0.2) is 73.2 Å². The van der Waals surface area contributed by atoms with E-state index in [1.165, 1.54) is 5.56 Å². The third kappa shape index (κ3) is 5.17. The molecular weight excluding hydrogens is 362 g/mol. The number of hydrogen-bond donors (Lipinski definition) is 1. The number of amides is 1. The number of β-amino-alcohol motifs (C(OH)–C–C–N with tert-alkyl or cyclic N) is 1. The van der Waals surface area contributed by atoms with Crippen molar-refractivity contribution in [2.75, 3.05) is 57.3 Å². The van der Waals surface area contributed by atoms with Crippen LogP contribution in [0, 0.1) is 0 Å². The Hall–Kier alpha value is -2.37. The molecule has 1 N–H and O–H groups in total. The van der Waals surface area contributed by atoms with Crippen molar-refractivity contribution in [1.29, 1.82) is 0 Å². The third-order valence-electron chi connectivity index (χ3n) is 5.79. The van der Waals surface area contributed by atoms with Gasteiger partial charge in [0.15, 0.2) is 0 Å². The van der Waals surface area contributed by atoms with Crippen LogP contribution < -0.4 is 4.90 Å². The van der Waals surface area contributed by atoms with Gasteiger partial charge in [0, 0.05) is 63.5 Å². The fourth-order valence-electron chi connectivity index (χ4n) is 4.09. The number of anilines is 1. The summed E-state index contributed by atoms with van der Waals surface area (Å²) in [6.45, 7) is 10.1. The molecule has 2 aromatic rings. The zero-order chi connectivity index (χ0) is 20.6. The molecule has 0 saturated carbocycles. The van der Waals surface area contributed by atoms with Gasteiger partial charge in [-0.3, -0.25) is 9.69 Å². The Morgan fingerprint density at radius 1 is 0.966 bits per heavy atom. The average Bonchev–Trinajstić information content (AvgIpc) is 2.76. The van der Waals surface area contributed by atoms with E-state index in [1.807, 2.05) is 36.9 Å². The maximum absolute atomic E-state index is 13.3. The van der Waals surface area contributed by atoms with Gasteiger partial charge in [-0.15, -0.1) is 0 Å². The van der Waals surface area contributed by atoms with Gasteiger partial charge >= 0.3 is 0 Å². The van der Waals surface area contributed by atoms with Crippen LogP contribution in [0.5, 0.6) is 0 Å². The van der Waals surface area contributed by atoms with Gasteiger partial charge in [0.05, 0.1) is 6.61 Å². The van der Waals surface area contributed by atoms with Crippen LogP contribution in [0.1, 0.15) is 35.3 Å². The Bertz CT molecular complexity index is 782. The summed E-state index contributed by atoms with van der Waals surface area (Å²) >= 11 is 0. The molecule has 5 nitrogen and oxygen atoms in total. The van der Waals surface area contributed by atoms with Crippen LogP contribution in [0.2, 0.25) is 0 Å². The molecule has 0 atom stereocenters. The van der Waals surface area contributed by atoms with Crippen molar-refractivity contribution in [2.45, 2.75) is 20.3 Å². The SMILES string of the molecule is CCN(CC)C(=O)c1cccc(N2CCN(CCO)CC2)c1Cc1ccccc1. The maximum Gasteiger partial charge on any atom is 0.254 e. The lowest BCUT2D eigenvalue weighted by Gasteiger charge is -2.37. The van der Waals surface area contributed by atoms with Gasteiger partial charge in [-0.05, 0) is 37.1 Å². The minimum absolute atomic E-state index is 0.113. The van der Waals surface area contributed by atoms with E-state index < -0.39 is 0 Å². The van der Waals surface area contributed by atoms with Crippen molar-refractivity contribution < 1.29 is 9.90 Å². The number of benzene rings is 2. The Balaban J connectivity index is 1.95. The summed E-state index contributed by atoms with van der Waals surface area (Å²) < 4.78 is 0.